The SMILES string of the molecule is CCOC(=O)C1=C(C(F)F)NC(=O)NC1c1ccccc1. The molecule has 0 radical (unpaired) electrons. The monoisotopic (exact) mass is 296 g/mol. The Morgan fingerprint density at radius 2 is 2.00 bits per heavy atom. The molecule has 0 fully saturated rings. The number of carbonyl (C=O) groups excluding carboxylic acids is 2. The number of benzene rings is 1. The third-order valence-electron chi connectivity index (χ3n) is 2.95. The first-order valence-corrected chi connectivity index (χ1v) is 6.36. The first kappa shape index (κ1) is 15.0. The average Bonchev–Trinajstić information content (AvgIpc) is 2.47. The summed E-state index contributed by atoms with van der Waals surface area (Å²) < 4.78 is 31.1. The van der Waals surface area contributed by atoms with E-state index in [0.29, 0.717) is 5.56 Å². The van der Waals surface area contributed by atoms with Crippen LogP contribution in [0.1, 0.15) is 18.5 Å². The van der Waals surface area contributed by atoms with Crippen molar-refractivity contribution in [1.29, 1.82) is 0 Å². The van der Waals surface area contributed by atoms with Crippen LogP contribution in [0.5, 0.6) is 0 Å². The lowest BCUT2D eigenvalue weighted by Crippen LogP contribution is -2.47. The minimum Gasteiger partial charge on any atom is -0.463 e. The second kappa shape index (κ2) is 6.34. The lowest BCUT2D eigenvalue weighted by Gasteiger charge is -2.28. The van der Waals surface area contributed by atoms with E-state index in [2.05, 4.69) is 5.32 Å². The van der Waals surface area contributed by atoms with E-state index in [1.54, 1.807) is 37.3 Å². The van der Waals surface area contributed by atoms with E-state index >= 15 is 0 Å². The Kier molecular flexibility index (Phi) is 4.52. The smallest absolute Gasteiger partial charge is 0.338 e. The van der Waals surface area contributed by atoms with Gasteiger partial charge in [0.05, 0.1) is 23.9 Å². The summed E-state index contributed by atoms with van der Waals surface area (Å²) in [6.07, 6.45) is -2.98. The Morgan fingerprint density at radius 1 is 1.33 bits per heavy atom. The largest absolute Gasteiger partial charge is 0.463 e. The van der Waals surface area contributed by atoms with Crippen LogP contribution in [-0.4, -0.2) is 25.0 Å². The van der Waals surface area contributed by atoms with Gasteiger partial charge in [0.2, 0.25) is 0 Å². The number of esters is 1. The molecule has 5 nitrogen and oxygen atoms in total. The molecule has 0 spiro atoms. The van der Waals surface area contributed by atoms with Gasteiger partial charge in [-0.15, -0.1) is 0 Å². The summed E-state index contributed by atoms with van der Waals surface area (Å²) in [5.41, 5.74) is -0.475. The fraction of sp³-hybridized carbons (Fsp3) is 0.286. The molecule has 7 heteroatoms. The van der Waals surface area contributed by atoms with Gasteiger partial charge in [-0.2, -0.15) is 0 Å². The number of hydrogen-bond donors (Lipinski definition) is 2. The van der Waals surface area contributed by atoms with Crippen molar-refractivity contribution in [2.24, 2.45) is 0 Å². The third-order valence-corrected chi connectivity index (χ3v) is 2.95. The minimum absolute atomic E-state index is 0.0499. The van der Waals surface area contributed by atoms with Crippen molar-refractivity contribution in [3.8, 4) is 0 Å². The molecule has 2 N–H and O–H groups in total. The molecule has 2 amide bonds. The molecule has 21 heavy (non-hydrogen) atoms. The lowest BCUT2D eigenvalue weighted by atomic mass is 9.95. The topological polar surface area (TPSA) is 67.4 Å². The summed E-state index contributed by atoms with van der Waals surface area (Å²) in [7, 11) is 0. The summed E-state index contributed by atoms with van der Waals surface area (Å²) in [5.74, 6) is -0.880. The summed E-state index contributed by atoms with van der Waals surface area (Å²) in [6.45, 7) is 1.63. The molecule has 112 valence electrons. The van der Waals surface area contributed by atoms with Crippen LogP contribution in [0.25, 0.3) is 0 Å². The normalized spacial score (nSPS) is 18.3. The fourth-order valence-corrected chi connectivity index (χ4v) is 2.09. The molecule has 1 aliphatic heterocycles. The van der Waals surface area contributed by atoms with Gasteiger partial charge in [0.25, 0.3) is 6.43 Å². The highest BCUT2D eigenvalue weighted by atomic mass is 19.3. The molecule has 0 aromatic heterocycles. The number of rotatable bonds is 4. The summed E-state index contributed by atoms with van der Waals surface area (Å²) in [4.78, 5) is 23.5. The van der Waals surface area contributed by atoms with E-state index < -0.39 is 30.2 Å². The summed E-state index contributed by atoms with van der Waals surface area (Å²) in [6, 6.07) is 6.64. The van der Waals surface area contributed by atoms with Crippen LogP contribution in [0.2, 0.25) is 0 Å². The molecule has 0 aliphatic carbocycles. The maximum absolute atomic E-state index is 13.1. The number of urea groups is 1. The van der Waals surface area contributed by atoms with Crippen molar-refractivity contribution in [3.63, 3.8) is 0 Å². The Hall–Kier alpha value is -2.44. The molecule has 0 saturated heterocycles. The van der Waals surface area contributed by atoms with E-state index in [0.717, 1.165) is 0 Å². The zero-order valence-corrected chi connectivity index (χ0v) is 11.2. The van der Waals surface area contributed by atoms with Crippen molar-refractivity contribution in [2.75, 3.05) is 6.61 Å². The molecule has 0 bridgehead atoms. The number of allylic oxidation sites excluding steroid dienone is 1. The molecule has 1 atom stereocenters. The molecule has 1 aromatic rings. The van der Waals surface area contributed by atoms with Crippen molar-refractivity contribution in [2.45, 2.75) is 19.4 Å². The molecular formula is C14H14F2N2O3. The second-order valence-electron chi connectivity index (χ2n) is 4.29. The maximum Gasteiger partial charge on any atom is 0.338 e. The van der Waals surface area contributed by atoms with Gasteiger partial charge in [-0.05, 0) is 12.5 Å². The van der Waals surface area contributed by atoms with Crippen LogP contribution in [0.4, 0.5) is 13.6 Å². The Morgan fingerprint density at radius 3 is 2.57 bits per heavy atom. The Balaban J connectivity index is 2.52. The molecule has 1 aliphatic rings. The number of alkyl halides is 2. The van der Waals surface area contributed by atoms with Crippen LogP contribution in [-0.2, 0) is 9.53 Å². The molecule has 1 heterocycles. The van der Waals surface area contributed by atoms with Gasteiger partial charge >= 0.3 is 12.0 Å². The van der Waals surface area contributed by atoms with Gasteiger partial charge in [0, 0.05) is 0 Å². The first-order valence-electron chi connectivity index (χ1n) is 6.36. The lowest BCUT2D eigenvalue weighted by molar-refractivity contribution is -0.139. The minimum atomic E-state index is -2.98. The van der Waals surface area contributed by atoms with E-state index in [-0.39, 0.29) is 12.2 Å². The van der Waals surface area contributed by atoms with Gasteiger partial charge in [0.1, 0.15) is 0 Å². The Bertz CT molecular complexity index is 573. The van der Waals surface area contributed by atoms with Crippen molar-refractivity contribution in [3.05, 3.63) is 47.2 Å². The molecule has 1 unspecified atom stereocenters. The first-order chi connectivity index (χ1) is 10.0. The van der Waals surface area contributed by atoms with Crippen LogP contribution in [0.3, 0.4) is 0 Å². The van der Waals surface area contributed by atoms with Gasteiger partial charge in [-0.1, -0.05) is 30.3 Å². The van der Waals surface area contributed by atoms with E-state index in [9.17, 15) is 18.4 Å². The number of ether oxygens (including phenoxy) is 1. The Labute approximate surface area is 120 Å². The number of halogens is 2. The van der Waals surface area contributed by atoms with Crippen LogP contribution in [0, 0.1) is 0 Å². The highest BCUT2D eigenvalue weighted by Crippen LogP contribution is 2.29. The van der Waals surface area contributed by atoms with Gasteiger partial charge < -0.3 is 15.4 Å². The van der Waals surface area contributed by atoms with E-state index in [4.69, 9.17) is 4.74 Å². The van der Waals surface area contributed by atoms with E-state index in [1.165, 1.54) is 0 Å². The number of amides is 2. The zero-order chi connectivity index (χ0) is 15.4. The standard InChI is InChI=1S/C14H14F2N2O3/c1-2-21-13(19)9-10(8-6-4-3-5-7-8)17-14(20)18-11(9)12(15)16/h3-7,10,12H,2H2,1H3,(H2,17,18,20). The van der Waals surface area contributed by atoms with Gasteiger partial charge in [-0.25, -0.2) is 18.4 Å². The van der Waals surface area contributed by atoms with Crippen molar-refractivity contribution < 1.29 is 23.1 Å². The predicted molar refractivity (Wildman–Crippen MR) is 70.5 cm³/mol. The third kappa shape index (κ3) is 3.18. The van der Waals surface area contributed by atoms with Crippen molar-refractivity contribution in [1.82, 2.24) is 10.6 Å². The summed E-state index contributed by atoms with van der Waals surface area (Å²) >= 11 is 0. The van der Waals surface area contributed by atoms with Crippen LogP contribution in [0.15, 0.2) is 41.6 Å². The summed E-state index contributed by atoms with van der Waals surface area (Å²) in [5, 5.41) is 4.45. The van der Waals surface area contributed by atoms with Gasteiger partial charge in [0.15, 0.2) is 0 Å². The number of carbonyl (C=O) groups is 2. The fourth-order valence-electron chi connectivity index (χ4n) is 2.09. The maximum atomic E-state index is 13.1. The zero-order valence-electron chi connectivity index (χ0n) is 11.2. The predicted octanol–water partition coefficient (Wildman–Crippen LogP) is 2.12. The molecule has 2 rings (SSSR count). The van der Waals surface area contributed by atoms with Crippen molar-refractivity contribution >= 4 is 12.0 Å². The second-order valence-corrected chi connectivity index (χ2v) is 4.29. The van der Waals surface area contributed by atoms with E-state index in [1.807, 2.05) is 5.32 Å². The highest BCUT2D eigenvalue weighted by molar-refractivity contribution is 5.95. The van der Waals surface area contributed by atoms with Crippen LogP contribution >= 0.6 is 0 Å². The van der Waals surface area contributed by atoms with Crippen LogP contribution < -0.4 is 10.6 Å². The van der Waals surface area contributed by atoms with Gasteiger partial charge in [-0.3, -0.25) is 0 Å². The number of nitrogens with one attached hydrogen (secondary N) is 2. The molecule has 1 aromatic carbocycles. The average molecular weight is 296 g/mol. The highest BCUT2D eigenvalue weighted by Gasteiger charge is 2.36. The number of hydrogen-bond acceptors (Lipinski definition) is 3. The molecular weight excluding hydrogens is 282 g/mol. The molecule has 0 saturated carbocycles. The quantitative estimate of drug-likeness (QED) is 0.836.